The SMILES string of the molecule is Cc1ccc(CC2CCCCc3c(C(=O)N4C5C(C)(C)C6CCC54C6)nn(-c4ccc(F)cc4)c32)cc1. The lowest BCUT2D eigenvalue weighted by Crippen LogP contribution is -2.31. The van der Waals surface area contributed by atoms with Crippen LogP contribution in [0, 0.1) is 24.1 Å². The van der Waals surface area contributed by atoms with E-state index in [0.29, 0.717) is 11.7 Å². The molecule has 2 aromatic carbocycles. The van der Waals surface area contributed by atoms with Gasteiger partial charge in [-0.25, -0.2) is 9.07 Å². The maximum absolute atomic E-state index is 14.3. The van der Waals surface area contributed by atoms with E-state index in [1.807, 2.05) is 4.68 Å². The third-order valence-electron chi connectivity index (χ3n) is 10.2. The van der Waals surface area contributed by atoms with E-state index in [0.717, 1.165) is 67.8 Å². The summed E-state index contributed by atoms with van der Waals surface area (Å²) < 4.78 is 15.8. The number of hydrogen-bond acceptors (Lipinski definition) is 2. The number of rotatable bonds is 4. The maximum Gasteiger partial charge on any atom is 0.275 e. The number of carbonyl (C=O) groups is 1. The van der Waals surface area contributed by atoms with Gasteiger partial charge in [0.2, 0.25) is 0 Å². The van der Waals surface area contributed by atoms with Gasteiger partial charge in [-0.15, -0.1) is 0 Å². The van der Waals surface area contributed by atoms with Crippen LogP contribution in [0.15, 0.2) is 48.5 Å². The van der Waals surface area contributed by atoms with Gasteiger partial charge in [0.15, 0.2) is 5.69 Å². The molecule has 0 N–H and O–H groups in total. The lowest BCUT2D eigenvalue weighted by Gasteiger charge is -2.30. The van der Waals surface area contributed by atoms with E-state index >= 15 is 0 Å². The molecule has 3 aliphatic carbocycles. The van der Waals surface area contributed by atoms with Crippen molar-refractivity contribution < 1.29 is 9.18 Å². The first-order valence-electron chi connectivity index (χ1n) is 14.1. The van der Waals surface area contributed by atoms with Gasteiger partial charge in [0.05, 0.1) is 23.0 Å². The molecule has 2 bridgehead atoms. The fourth-order valence-electron chi connectivity index (χ4n) is 8.33. The summed E-state index contributed by atoms with van der Waals surface area (Å²) in [5.74, 6) is 0.850. The molecule has 1 aromatic heterocycles. The summed E-state index contributed by atoms with van der Waals surface area (Å²) in [6, 6.07) is 15.7. The highest BCUT2D eigenvalue weighted by Gasteiger charge is 2.79. The van der Waals surface area contributed by atoms with Crippen LogP contribution in [0.5, 0.6) is 0 Å². The molecule has 4 aliphatic rings. The first-order valence-corrected chi connectivity index (χ1v) is 14.1. The molecule has 4 unspecified atom stereocenters. The molecule has 4 nitrogen and oxygen atoms in total. The molecule has 1 aliphatic heterocycles. The predicted octanol–water partition coefficient (Wildman–Crippen LogP) is 6.78. The zero-order chi connectivity index (χ0) is 25.5. The predicted molar refractivity (Wildman–Crippen MR) is 143 cm³/mol. The zero-order valence-electron chi connectivity index (χ0n) is 22.1. The number of benzene rings is 2. The minimum atomic E-state index is -0.261. The van der Waals surface area contributed by atoms with Gasteiger partial charge in [-0.2, -0.15) is 5.10 Å². The van der Waals surface area contributed by atoms with Gasteiger partial charge >= 0.3 is 0 Å². The number of aryl methyl sites for hydroxylation is 1. The molecule has 37 heavy (non-hydrogen) atoms. The Kier molecular flexibility index (Phi) is 5.03. The summed E-state index contributed by atoms with van der Waals surface area (Å²) >= 11 is 0. The Morgan fingerprint density at radius 3 is 2.51 bits per heavy atom. The van der Waals surface area contributed by atoms with Crippen molar-refractivity contribution in [2.24, 2.45) is 11.3 Å². The van der Waals surface area contributed by atoms with E-state index in [2.05, 4.69) is 49.9 Å². The molecule has 1 saturated heterocycles. The van der Waals surface area contributed by atoms with Gasteiger partial charge in [0, 0.05) is 11.5 Å². The fraction of sp³-hybridized carbons (Fsp3) is 0.500. The highest BCUT2D eigenvalue weighted by atomic mass is 19.1. The van der Waals surface area contributed by atoms with Crippen molar-refractivity contribution in [2.75, 3.05) is 0 Å². The van der Waals surface area contributed by atoms with E-state index in [9.17, 15) is 9.18 Å². The van der Waals surface area contributed by atoms with Crippen molar-refractivity contribution in [3.8, 4) is 5.69 Å². The van der Waals surface area contributed by atoms with Crippen LogP contribution in [0.1, 0.15) is 91.2 Å². The van der Waals surface area contributed by atoms with Gasteiger partial charge in [-0.3, -0.25) is 4.79 Å². The van der Waals surface area contributed by atoms with E-state index in [4.69, 9.17) is 5.10 Å². The molecule has 2 heterocycles. The number of nitrogens with zero attached hydrogens (tertiary/aromatic N) is 3. The molecule has 3 fully saturated rings. The molecular weight excluding hydrogens is 461 g/mol. The van der Waals surface area contributed by atoms with E-state index in [1.54, 1.807) is 12.1 Å². The Labute approximate surface area is 218 Å². The second-order valence-electron chi connectivity index (χ2n) is 12.7. The summed E-state index contributed by atoms with van der Waals surface area (Å²) in [6.45, 7) is 6.82. The first kappa shape index (κ1) is 23.2. The summed E-state index contributed by atoms with van der Waals surface area (Å²) in [4.78, 5) is 16.5. The van der Waals surface area contributed by atoms with Gasteiger partial charge in [-0.1, -0.05) is 50.1 Å². The second kappa shape index (κ2) is 8.02. The molecule has 5 heteroatoms. The minimum Gasteiger partial charge on any atom is -0.324 e. The smallest absolute Gasteiger partial charge is 0.275 e. The topological polar surface area (TPSA) is 37.9 Å². The molecule has 1 spiro atoms. The number of fused-ring (bicyclic) bond motifs is 2. The largest absolute Gasteiger partial charge is 0.324 e. The normalized spacial score (nSPS) is 29.1. The fourth-order valence-corrected chi connectivity index (χ4v) is 8.33. The molecule has 2 saturated carbocycles. The van der Waals surface area contributed by atoms with Crippen molar-refractivity contribution in [1.82, 2.24) is 14.7 Å². The Balaban J connectivity index is 1.32. The first-order chi connectivity index (χ1) is 17.8. The minimum absolute atomic E-state index is 0.0593. The molecule has 3 aromatic rings. The zero-order valence-corrected chi connectivity index (χ0v) is 22.1. The molecule has 0 radical (unpaired) electrons. The second-order valence-corrected chi connectivity index (χ2v) is 12.7. The van der Waals surface area contributed by atoms with Crippen molar-refractivity contribution in [2.45, 2.75) is 89.6 Å². The Morgan fingerprint density at radius 1 is 1.05 bits per heavy atom. The number of hydrogen-bond donors (Lipinski definition) is 0. The van der Waals surface area contributed by atoms with Crippen LogP contribution in [0.25, 0.3) is 5.69 Å². The highest BCUT2D eigenvalue weighted by Crippen LogP contribution is 2.72. The van der Waals surface area contributed by atoms with Crippen LogP contribution in [0.4, 0.5) is 4.39 Å². The molecule has 192 valence electrons. The third kappa shape index (κ3) is 3.38. The van der Waals surface area contributed by atoms with Crippen LogP contribution in [-0.4, -0.2) is 32.2 Å². The monoisotopic (exact) mass is 497 g/mol. The molecule has 1 amide bonds. The third-order valence-corrected chi connectivity index (χ3v) is 10.2. The average Bonchev–Trinajstić information content (AvgIpc) is 3.09. The quantitative estimate of drug-likeness (QED) is 0.294. The number of halogens is 1. The average molecular weight is 498 g/mol. The van der Waals surface area contributed by atoms with Crippen LogP contribution < -0.4 is 0 Å². The number of aromatic nitrogens is 2. The van der Waals surface area contributed by atoms with Gasteiger partial charge in [-0.05, 0) is 93.0 Å². The molecule has 7 rings (SSSR count). The van der Waals surface area contributed by atoms with Crippen LogP contribution >= 0.6 is 0 Å². The standard InChI is InChI=1S/C32H36FN3O/c1-20-8-10-21(11-9-20)18-22-6-4-5-7-26-27(34-36(28(22)26)25-14-12-24(33)13-15-25)29(37)35-30-31(2,3)23-16-17-32(30,35)19-23/h8-15,22-23,30H,4-7,16-19H2,1-3H3. The summed E-state index contributed by atoms with van der Waals surface area (Å²) in [5, 5.41) is 5.06. The summed E-state index contributed by atoms with van der Waals surface area (Å²) in [6.07, 6.45) is 8.56. The van der Waals surface area contributed by atoms with Crippen molar-refractivity contribution in [3.63, 3.8) is 0 Å². The van der Waals surface area contributed by atoms with E-state index < -0.39 is 0 Å². The summed E-state index contributed by atoms with van der Waals surface area (Å²) in [7, 11) is 0. The number of carbonyl (C=O) groups excluding carboxylic acids is 1. The Bertz CT molecular complexity index is 1370. The van der Waals surface area contributed by atoms with Gasteiger partial charge in [0.1, 0.15) is 5.82 Å². The number of likely N-dealkylation sites (tertiary alicyclic amines) is 1. The molecular formula is C32H36FN3O. The van der Waals surface area contributed by atoms with Crippen molar-refractivity contribution in [1.29, 1.82) is 0 Å². The van der Waals surface area contributed by atoms with Gasteiger partial charge in [0.25, 0.3) is 5.91 Å². The van der Waals surface area contributed by atoms with E-state index in [-0.39, 0.29) is 28.6 Å². The van der Waals surface area contributed by atoms with Crippen molar-refractivity contribution >= 4 is 5.91 Å². The Morgan fingerprint density at radius 2 is 1.81 bits per heavy atom. The maximum atomic E-state index is 14.3. The van der Waals surface area contributed by atoms with E-state index in [1.165, 1.54) is 29.7 Å². The van der Waals surface area contributed by atoms with Crippen LogP contribution in [0.3, 0.4) is 0 Å². The Hall–Kier alpha value is -2.95. The lowest BCUT2D eigenvalue weighted by atomic mass is 9.76. The number of amides is 1. The van der Waals surface area contributed by atoms with Crippen LogP contribution in [0.2, 0.25) is 0 Å². The summed E-state index contributed by atoms with van der Waals surface area (Å²) in [5.41, 5.74) is 6.55. The number of piperidine rings is 1. The van der Waals surface area contributed by atoms with Gasteiger partial charge < -0.3 is 4.90 Å². The molecule has 4 atom stereocenters. The highest BCUT2D eigenvalue weighted by molar-refractivity contribution is 5.97. The lowest BCUT2D eigenvalue weighted by molar-refractivity contribution is 0.0786. The van der Waals surface area contributed by atoms with Crippen molar-refractivity contribution in [3.05, 3.63) is 82.4 Å². The van der Waals surface area contributed by atoms with Crippen LogP contribution in [-0.2, 0) is 12.8 Å².